The van der Waals surface area contributed by atoms with Crippen molar-refractivity contribution in [3.05, 3.63) is 23.8 Å². The highest BCUT2D eigenvalue weighted by molar-refractivity contribution is 5.69. The molecular formula is C16H23NO4. The predicted octanol–water partition coefficient (Wildman–Crippen LogP) is 2.49. The quantitative estimate of drug-likeness (QED) is 0.873. The maximum absolute atomic E-state index is 11.3. The summed E-state index contributed by atoms with van der Waals surface area (Å²) < 4.78 is 10.6. The Labute approximate surface area is 125 Å². The van der Waals surface area contributed by atoms with E-state index in [1.54, 1.807) is 14.2 Å². The second-order valence-electron chi connectivity index (χ2n) is 5.61. The smallest absolute Gasteiger partial charge is 0.305 e. The molecule has 1 aromatic carbocycles. The summed E-state index contributed by atoms with van der Waals surface area (Å²) in [5.74, 6) is 0.491. The van der Waals surface area contributed by atoms with Gasteiger partial charge in [0.25, 0.3) is 0 Å². The Kier molecular flexibility index (Phi) is 4.73. The summed E-state index contributed by atoms with van der Waals surface area (Å²) in [6.45, 7) is 3.85. The Morgan fingerprint density at radius 3 is 2.38 bits per heavy atom. The van der Waals surface area contributed by atoms with E-state index >= 15 is 0 Å². The van der Waals surface area contributed by atoms with Crippen molar-refractivity contribution in [3.8, 4) is 11.5 Å². The Morgan fingerprint density at radius 1 is 1.24 bits per heavy atom. The zero-order valence-corrected chi connectivity index (χ0v) is 12.9. The van der Waals surface area contributed by atoms with Gasteiger partial charge in [-0.15, -0.1) is 0 Å². The number of hydrogen-bond donors (Lipinski definition) is 1. The molecule has 1 fully saturated rings. The summed E-state index contributed by atoms with van der Waals surface area (Å²) in [6, 6.07) is 5.66. The van der Waals surface area contributed by atoms with Crippen LogP contribution in [0.5, 0.6) is 11.5 Å². The Balaban J connectivity index is 2.42. The molecule has 5 nitrogen and oxygen atoms in total. The van der Waals surface area contributed by atoms with Gasteiger partial charge in [0.05, 0.1) is 26.2 Å². The fraction of sp³-hybridized carbons (Fsp3) is 0.562. The Morgan fingerprint density at radius 2 is 1.86 bits per heavy atom. The van der Waals surface area contributed by atoms with E-state index in [1.807, 2.05) is 25.1 Å². The topological polar surface area (TPSA) is 59.0 Å². The van der Waals surface area contributed by atoms with Crippen molar-refractivity contribution in [1.82, 2.24) is 4.90 Å². The van der Waals surface area contributed by atoms with Crippen LogP contribution in [0.4, 0.5) is 0 Å². The fourth-order valence-corrected chi connectivity index (χ4v) is 3.07. The van der Waals surface area contributed by atoms with Crippen LogP contribution in [-0.2, 0) is 10.3 Å². The minimum absolute atomic E-state index is 0.0719. The molecule has 0 aromatic heterocycles. The summed E-state index contributed by atoms with van der Waals surface area (Å²) in [6.07, 6.45) is 2.30. The highest BCUT2D eigenvalue weighted by Gasteiger charge is 2.37. The van der Waals surface area contributed by atoms with Gasteiger partial charge in [0.15, 0.2) is 11.5 Å². The molecule has 1 atom stereocenters. The number of likely N-dealkylation sites (tertiary alicyclic amines) is 1. The van der Waals surface area contributed by atoms with Crippen molar-refractivity contribution in [2.45, 2.75) is 31.7 Å². The summed E-state index contributed by atoms with van der Waals surface area (Å²) >= 11 is 0. The third-order valence-electron chi connectivity index (χ3n) is 4.30. The number of carboxylic acid groups (broad SMARTS) is 1. The number of carbonyl (C=O) groups is 1. The van der Waals surface area contributed by atoms with Crippen molar-refractivity contribution in [2.75, 3.05) is 27.3 Å². The number of nitrogens with zero attached hydrogens (tertiary/aromatic N) is 1. The van der Waals surface area contributed by atoms with E-state index in [4.69, 9.17) is 9.47 Å². The maximum atomic E-state index is 11.3. The first-order valence-electron chi connectivity index (χ1n) is 7.20. The first-order chi connectivity index (χ1) is 10.0. The van der Waals surface area contributed by atoms with E-state index < -0.39 is 11.5 Å². The molecule has 1 aliphatic rings. The number of rotatable bonds is 6. The lowest BCUT2D eigenvalue weighted by atomic mass is 9.86. The maximum Gasteiger partial charge on any atom is 0.305 e. The molecule has 1 aliphatic heterocycles. The molecule has 0 spiro atoms. The second-order valence-corrected chi connectivity index (χ2v) is 5.61. The SMILES string of the molecule is COc1ccc(C(C)(CC(=O)O)N2CCCC2)cc1OC. The number of carboxylic acids is 1. The van der Waals surface area contributed by atoms with Crippen molar-refractivity contribution in [3.63, 3.8) is 0 Å². The lowest BCUT2D eigenvalue weighted by molar-refractivity contribution is -0.140. The minimum Gasteiger partial charge on any atom is -0.493 e. The largest absolute Gasteiger partial charge is 0.493 e. The number of aliphatic carboxylic acids is 1. The van der Waals surface area contributed by atoms with E-state index in [0.717, 1.165) is 31.5 Å². The van der Waals surface area contributed by atoms with Crippen molar-refractivity contribution in [1.29, 1.82) is 0 Å². The van der Waals surface area contributed by atoms with Gasteiger partial charge in [-0.3, -0.25) is 9.69 Å². The van der Waals surface area contributed by atoms with Gasteiger partial charge in [0, 0.05) is 0 Å². The van der Waals surface area contributed by atoms with E-state index in [-0.39, 0.29) is 6.42 Å². The van der Waals surface area contributed by atoms with Crippen LogP contribution in [0.2, 0.25) is 0 Å². The van der Waals surface area contributed by atoms with Crippen LogP contribution >= 0.6 is 0 Å². The van der Waals surface area contributed by atoms with Crippen LogP contribution in [-0.4, -0.2) is 43.3 Å². The zero-order chi connectivity index (χ0) is 15.5. The van der Waals surface area contributed by atoms with Crippen LogP contribution in [0, 0.1) is 0 Å². The van der Waals surface area contributed by atoms with Gasteiger partial charge in [-0.05, 0) is 50.6 Å². The zero-order valence-electron chi connectivity index (χ0n) is 12.9. The summed E-state index contributed by atoms with van der Waals surface area (Å²) in [4.78, 5) is 13.6. The number of ether oxygens (including phenoxy) is 2. The molecule has 1 N–H and O–H groups in total. The van der Waals surface area contributed by atoms with Gasteiger partial charge in [0.2, 0.25) is 0 Å². The van der Waals surface area contributed by atoms with Crippen LogP contribution in [0.3, 0.4) is 0 Å². The molecule has 0 radical (unpaired) electrons. The van der Waals surface area contributed by atoms with E-state index in [2.05, 4.69) is 4.90 Å². The third kappa shape index (κ3) is 3.13. The van der Waals surface area contributed by atoms with E-state index in [1.165, 1.54) is 0 Å². The monoisotopic (exact) mass is 293 g/mol. The van der Waals surface area contributed by atoms with E-state index in [0.29, 0.717) is 11.5 Å². The van der Waals surface area contributed by atoms with Crippen LogP contribution in [0.25, 0.3) is 0 Å². The first kappa shape index (κ1) is 15.6. The van der Waals surface area contributed by atoms with Gasteiger partial charge >= 0.3 is 5.97 Å². The average molecular weight is 293 g/mol. The molecule has 21 heavy (non-hydrogen) atoms. The van der Waals surface area contributed by atoms with Crippen LogP contribution in [0.15, 0.2) is 18.2 Å². The molecular weight excluding hydrogens is 270 g/mol. The summed E-state index contributed by atoms with van der Waals surface area (Å²) in [5, 5.41) is 9.32. The highest BCUT2D eigenvalue weighted by Crippen LogP contribution is 2.38. The van der Waals surface area contributed by atoms with Crippen molar-refractivity contribution < 1.29 is 19.4 Å². The number of methoxy groups -OCH3 is 2. The lowest BCUT2D eigenvalue weighted by Crippen LogP contribution is -2.43. The average Bonchev–Trinajstić information content (AvgIpc) is 3.00. The molecule has 1 saturated heterocycles. The van der Waals surface area contributed by atoms with Crippen molar-refractivity contribution >= 4 is 5.97 Å². The summed E-state index contributed by atoms with van der Waals surface area (Å²) in [5.41, 5.74) is 0.423. The van der Waals surface area contributed by atoms with Gasteiger partial charge in [-0.1, -0.05) is 6.07 Å². The molecule has 0 saturated carbocycles. The van der Waals surface area contributed by atoms with E-state index in [9.17, 15) is 9.90 Å². The molecule has 116 valence electrons. The van der Waals surface area contributed by atoms with Gasteiger partial charge in [0.1, 0.15) is 0 Å². The Bertz CT molecular complexity index is 511. The van der Waals surface area contributed by atoms with Gasteiger partial charge in [-0.25, -0.2) is 0 Å². The normalized spacial score (nSPS) is 18.2. The van der Waals surface area contributed by atoms with Crippen LogP contribution < -0.4 is 9.47 Å². The minimum atomic E-state index is -0.792. The molecule has 0 amide bonds. The molecule has 0 aliphatic carbocycles. The molecule has 0 bridgehead atoms. The Hall–Kier alpha value is -1.75. The predicted molar refractivity (Wildman–Crippen MR) is 80.0 cm³/mol. The first-order valence-corrected chi connectivity index (χ1v) is 7.20. The molecule has 2 rings (SSSR count). The van der Waals surface area contributed by atoms with Crippen LogP contribution in [0.1, 0.15) is 31.7 Å². The number of hydrogen-bond acceptors (Lipinski definition) is 4. The van der Waals surface area contributed by atoms with Crippen molar-refractivity contribution in [2.24, 2.45) is 0 Å². The molecule has 1 heterocycles. The molecule has 1 unspecified atom stereocenters. The van der Waals surface area contributed by atoms with Gasteiger partial charge < -0.3 is 14.6 Å². The molecule has 1 aromatic rings. The fourth-order valence-electron chi connectivity index (χ4n) is 3.07. The second kappa shape index (κ2) is 6.35. The lowest BCUT2D eigenvalue weighted by Gasteiger charge is -2.38. The summed E-state index contributed by atoms with van der Waals surface area (Å²) in [7, 11) is 3.18. The third-order valence-corrected chi connectivity index (χ3v) is 4.30. The van der Waals surface area contributed by atoms with Gasteiger partial charge in [-0.2, -0.15) is 0 Å². The highest BCUT2D eigenvalue weighted by atomic mass is 16.5. The standard InChI is InChI=1S/C16H23NO4/c1-16(11-15(18)19,17-8-4-5-9-17)12-6-7-13(20-2)14(10-12)21-3/h6-7,10H,4-5,8-9,11H2,1-3H3,(H,18,19). The molecule has 5 heteroatoms. The number of benzene rings is 1.